The summed E-state index contributed by atoms with van der Waals surface area (Å²) in [5.41, 5.74) is 4.79. The van der Waals surface area contributed by atoms with Crippen molar-refractivity contribution in [3.05, 3.63) is 44.8 Å². The Morgan fingerprint density at radius 3 is 2.89 bits per heavy atom. The van der Waals surface area contributed by atoms with Gasteiger partial charge in [0.1, 0.15) is 11.6 Å². The molecule has 0 aliphatic carbocycles. The second kappa shape index (κ2) is 6.01. The fourth-order valence-electron chi connectivity index (χ4n) is 1.34. The molecule has 0 aromatic carbocycles. The van der Waals surface area contributed by atoms with E-state index in [1.165, 1.54) is 6.20 Å². The lowest BCUT2D eigenvalue weighted by Gasteiger charge is -2.07. The average Bonchev–Trinajstić information content (AvgIpc) is 2.43. The minimum absolute atomic E-state index is 0.0958. The Morgan fingerprint density at radius 2 is 2.16 bits per heavy atom. The predicted molar refractivity (Wildman–Crippen MR) is 72.2 cm³/mol. The largest absolute Gasteiger partial charge is 0.476 e. The quantitative estimate of drug-likeness (QED) is 0.919. The van der Waals surface area contributed by atoms with Crippen LogP contribution in [0.25, 0.3) is 5.82 Å². The third-order valence-electron chi connectivity index (χ3n) is 2.17. The van der Waals surface area contributed by atoms with Crippen molar-refractivity contribution in [2.75, 3.05) is 13.2 Å². The third kappa shape index (κ3) is 3.04. The minimum atomic E-state index is -0.544. The second-order valence-corrected chi connectivity index (χ2v) is 4.28. The summed E-state index contributed by atoms with van der Waals surface area (Å²) in [6, 6.07) is 4.94. The van der Waals surface area contributed by atoms with Crippen LogP contribution in [0, 0.1) is 0 Å². The van der Waals surface area contributed by atoms with Gasteiger partial charge in [0.05, 0.1) is 11.2 Å². The molecular weight excluding hydrogens is 291 g/mol. The molecule has 2 aromatic heterocycles. The maximum absolute atomic E-state index is 11.9. The van der Waals surface area contributed by atoms with Gasteiger partial charge in [-0.2, -0.15) is 14.8 Å². The molecule has 2 heterocycles. The molecule has 0 aliphatic heterocycles. The zero-order valence-electron chi connectivity index (χ0n) is 9.72. The van der Waals surface area contributed by atoms with Gasteiger partial charge in [0, 0.05) is 12.6 Å². The Bertz CT molecular complexity index is 645. The summed E-state index contributed by atoms with van der Waals surface area (Å²) in [6.07, 6.45) is 1.28. The molecule has 8 heteroatoms. The number of rotatable bonds is 4. The fourth-order valence-corrected chi connectivity index (χ4v) is 1.59. The Kier molecular flexibility index (Phi) is 4.36. The third-order valence-corrected chi connectivity index (χ3v) is 2.92. The van der Waals surface area contributed by atoms with Crippen LogP contribution in [-0.4, -0.2) is 27.9 Å². The summed E-state index contributed by atoms with van der Waals surface area (Å²) in [6.45, 7) is 0.705. The summed E-state index contributed by atoms with van der Waals surface area (Å²) < 4.78 is 6.32. The van der Waals surface area contributed by atoms with E-state index in [9.17, 15) is 4.79 Å². The van der Waals surface area contributed by atoms with Crippen molar-refractivity contribution >= 4 is 23.2 Å². The van der Waals surface area contributed by atoms with Gasteiger partial charge in [0.25, 0.3) is 5.56 Å². The van der Waals surface area contributed by atoms with Crippen LogP contribution in [0.4, 0.5) is 0 Å². The van der Waals surface area contributed by atoms with E-state index in [0.29, 0.717) is 19.0 Å². The number of pyridine rings is 1. The second-order valence-electron chi connectivity index (χ2n) is 3.49. The molecule has 0 atom stereocenters. The molecule has 0 saturated heterocycles. The lowest BCUT2D eigenvalue weighted by molar-refractivity contribution is 0.315. The predicted octanol–water partition coefficient (Wildman–Crippen LogP) is 1.27. The van der Waals surface area contributed by atoms with Crippen LogP contribution in [0.1, 0.15) is 0 Å². The summed E-state index contributed by atoms with van der Waals surface area (Å²) in [4.78, 5) is 16.0. The summed E-state index contributed by atoms with van der Waals surface area (Å²) in [7, 11) is 0. The lowest BCUT2D eigenvalue weighted by Crippen LogP contribution is -2.22. The molecule has 0 fully saturated rings. The molecule has 19 heavy (non-hydrogen) atoms. The number of nitrogens with two attached hydrogens (primary N) is 1. The van der Waals surface area contributed by atoms with Crippen LogP contribution in [0.5, 0.6) is 5.88 Å². The molecule has 0 unspecified atom stereocenters. The lowest BCUT2D eigenvalue weighted by atomic mass is 10.4. The summed E-state index contributed by atoms with van der Waals surface area (Å²) in [5.74, 6) is 0.640. The van der Waals surface area contributed by atoms with E-state index in [4.69, 9.17) is 33.7 Å². The van der Waals surface area contributed by atoms with E-state index in [1.54, 1.807) is 18.2 Å². The highest BCUT2D eigenvalue weighted by Crippen LogP contribution is 2.16. The highest BCUT2D eigenvalue weighted by atomic mass is 35.5. The van der Waals surface area contributed by atoms with Gasteiger partial charge in [-0.05, 0) is 6.07 Å². The van der Waals surface area contributed by atoms with Gasteiger partial charge in [-0.25, -0.2) is 0 Å². The van der Waals surface area contributed by atoms with Gasteiger partial charge in [-0.3, -0.25) is 4.79 Å². The molecule has 2 aromatic rings. The molecule has 0 spiro atoms. The van der Waals surface area contributed by atoms with E-state index in [0.717, 1.165) is 4.68 Å². The zero-order chi connectivity index (χ0) is 13.8. The molecule has 0 aliphatic rings. The number of halogens is 2. The molecule has 0 bridgehead atoms. The highest BCUT2D eigenvalue weighted by Gasteiger charge is 2.10. The Morgan fingerprint density at radius 1 is 1.37 bits per heavy atom. The summed E-state index contributed by atoms with van der Waals surface area (Å²) >= 11 is 11.5. The first-order chi connectivity index (χ1) is 9.13. The monoisotopic (exact) mass is 300 g/mol. The number of nitrogens with zero attached hydrogens (tertiary/aromatic N) is 3. The minimum Gasteiger partial charge on any atom is -0.476 e. The average molecular weight is 301 g/mol. The fraction of sp³-hybridized carbons (Fsp3) is 0.182. The van der Waals surface area contributed by atoms with E-state index in [2.05, 4.69) is 10.1 Å². The number of hydrogen-bond donors (Lipinski definition) is 1. The van der Waals surface area contributed by atoms with Crippen molar-refractivity contribution in [2.45, 2.75) is 0 Å². The van der Waals surface area contributed by atoms with Gasteiger partial charge >= 0.3 is 0 Å². The van der Waals surface area contributed by atoms with Crippen molar-refractivity contribution < 1.29 is 4.74 Å². The van der Waals surface area contributed by atoms with Crippen LogP contribution in [0.3, 0.4) is 0 Å². The molecule has 2 rings (SSSR count). The van der Waals surface area contributed by atoms with Crippen molar-refractivity contribution in [3.63, 3.8) is 0 Å². The normalized spacial score (nSPS) is 10.5. The molecule has 0 radical (unpaired) electrons. The molecular formula is C11H10Cl2N4O2. The first kappa shape index (κ1) is 13.8. The van der Waals surface area contributed by atoms with E-state index >= 15 is 0 Å². The van der Waals surface area contributed by atoms with Crippen molar-refractivity contribution in [1.82, 2.24) is 14.8 Å². The number of hydrogen-bond acceptors (Lipinski definition) is 5. The van der Waals surface area contributed by atoms with Crippen molar-refractivity contribution in [2.24, 2.45) is 5.73 Å². The Balaban J connectivity index is 2.42. The SMILES string of the molecule is NCCOc1cccc(-n2ncc(Cl)c(Cl)c2=O)n1. The zero-order valence-corrected chi connectivity index (χ0v) is 11.2. The maximum atomic E-state index is 11.9. The molecule has 100 valence electrons. The van der Waals surface area contributed by atoms with Crippen LogP contribution in [-0.2, 0) is 0 Å². The van der Waals surface area contributed by atoms with E-state index < -0.39 is 5.56 Å². The molecule has 0 amide bonds. The van der Waals surface area contributed by atoms with Gasteiger partial charge in [0.2, 0.25) is 5.88 Å². The van der Waals surface area contributed by atoms with Gasteiger partial charge in [-0.1, -0.05) is 29.3 Å². The smallest absolute Gasteiger partial charge is 0.293 e. The van der Waals surface area contributed by atoms with Crippen molar-refractivity contribution in [1.29, 1.82) is 0 Å². The number of ether oxygens (including phenoxy) is 1. The van der Waals surface area contributed by atoms with Gasteiger partial charge < -0.3 is 10.5 Å². The highest BCUT2D eigenvalue weighted by molar-refractivity contribution is 6.41. The topological polar surface area (TPSA) is 83.0 Å². The molecule has 6 nitrogen and oxygen atoms in total. The Labute approximate surface area is 118 Å². The van der Waals surface area contributed by atoms with Gasteiger partial charge in [0.15, 0.2) is 5.82 Å². The first-order valence-electron chi connectivity index (χ1n) is 5.37. The van der Waals surface area contributed by atoms with E-state index in [1.807, 2.05) is 0 Å². The van der Waals surface area contributed by atoms with Crippen molar-refractivity contribution in [3.8, 4) is 11.7 Å². The standard InChI is InChI=1S/C11H10Cl2N4O2/c12-7-6-15-17(11(18)10(7)13)8-2-1-3-9(16-8)19-5-4-14/h1-3,6H,4-5,14H2. The number of aromatic nitrogens is 3. The molecule has 2 N–H and O–H groups in total. The summed E-state index contributed by atoms with van der Waals surface area (Å²) in [5, 5.41) is 3.87. The Hall–Kier alpha value is -1.63. The molecule has 0 saturated carbocycles. The maximum Gasteiger partial charge on any atom is 0.293 e. The van der Waals surface area contributed by atoms with Crippen LogP contribution in [0.15, 0.2) is 29.2 Å². The van der Waals surface area contributed by atoms with E-state index in [-0.39, 0.29) is 15.9 Å². The first-order valence-corrected chi connectivity index (χ1v) is 6.12. The van der Waals surface area contributed by atoms with Crippen LogP contribution < -0.4 is 16.0 Å². The van der Waals surface area contributed by atoms with Gasteiger partial charge in [-0.15, -0.1) is 0 Å². The van der Waals surface area contributed by atoms with Crippen LogP contribution >= 0.6 is 23.2 Å². The van der Waals surface area contributed by atoms with Crippen LogP contribution in [0.2, 0.25) is 10.0 Å².